The summed E-state index contributed by atoms with van der Waals surface area (Å²) in [6.07, 6.45) is 4.22. The quantitative estimate of drug-likeness (QED) is 0.0782. The summed E-state index contributed by atoms with van der Waals surface area (Å²) in [6.45, 7) is 26.6. The molecule has 302 valence electrons. The van der Waals surface area contributed by atoms with E-state index in [9.17, 15) is 10.1 Å². The van der Waals surface area contributed by atoms with Gasteiger partial charge >= 0.3 is 5.97 Å². The van der Waals surface area contributed by atoms with Crippen molar-refractivity contribution in [3.63, 3.8) is 0 Å². The zero-order valence-corrected chi connectivity index (χ0v) is 36.0. The second kappa shape index (κ2) is 22.3. The Bertz CT molecular complexity index is 1670. The van der Waals surface area contributed by atoms with Crippen molar-refractivity contribution >= 4 is 39.9 Å². The monoisotopic (exact) mass is 768 g/mol. The van der Waals surface area contributed by atoms with Gasteiger partial charge in [-0.1, -0.05) is 60.7 Å². The summed E-state index contributed by atoms with van der Waals surface area (Å²) in [5, 5.41) is 10.8. The average Bonchev–Trinajstić information content (AvgIpc) is 3.25. The lowest BCUT2D eigenvalue weighted by molar-refractivity contribution is -0.146. The first-order valence-corrected chi connectivity index (χ1v) is 21.1. The number of anilines is 4. The summed E-state index contributed by atoms with van der Waals surface area (Å²) in [6, 6.07) is 36.9. The van der Waals surface area contributed by atoms with Gasteiger partial charge in [0, 0.05) is 81.0 Å². The van der Waals surface area contributed by atoms with Crippen molar-refractivity contribution in [2.75, 3.05) is 78.6 Å². The molecule has 7 heteroatoms. The van der Waals surface area contributed by atoms with Crippen LogP contribution in [0.1, 0.15) is 84.6 Å². The zero-order chi connectivity index (χ0) is 41.3. The molecule has 0 aliphatic heterocycles. The van der Waals surface area contributed by atoms with E-state index in [-0.39, 0.29) is 6.61 Å². The van der Waals surface area contributed by atoms with Crippen LogP contribution in [-0.4, -0.2) is 64.9 Å². The maximum Gasteiger partial charge on any atom is 0.324 e. The van der Waals surface area contributed by atoms with E-state index < -0.39 is 17.8 Å². The van der Waals surface area contributed by atoms with E-state index in [1.54, 1.807) is 6.92 Å². The van der Waals surface area contributed by atoms with E-state index in [1.807, 2.05) is 0 Å². The van der Waals surface area contributed by atoms with Crippen molar-refractivity contribution < 1.29 is 9.53 Å². The molecule has 0 heterocycles. The minimum Gasteiger partial charge on any atom is -0.465 e. The number of carbonyl (C=O) groups excluding carboxylic acids is 1. The van der Waals surface area contributed by atoms with Gasteiger partial charge in [0.15, 0.2) is 5.92 Å². The predicted octanol–water partition coefficient (Wildman–Crippen LogP) is 11.0. The fraction of sp³-hybridized carbons (Fsp3) is 0.400. The molecule has 0 saturated heterocycles. The molecule has 7 nitrogen and oxygen atoms in total. The van der Waals surface area contributed by atoms with Gasteiger partial charge in [-0.2, -0.15) is 5.26 Å². The highest BCUT2D eigenvalue weighted by molar-refractivity contribution is 5.86. The Kier molecular flexibility index (Phi) is 17.3. The molecular formula is C50H65N5O2. The highest BCUT2D eigenvalue weighted by atomic mass is 16.5. The molecule has 1 unspecified atom stereocenters. The van der Waals surface area contributed by atoms with Gasteiger partial charge in [-0.15, -0.1) is 0 Å². The molecule has 0 saturated carbocycles. The number of ether oxygens (including phenoxy) is 1. The van der Waals surface area contributed by atoms with Crippen LogP contribution in [0.2, 0.25) is 0 Å². The molecule has 0 spiro atoms. The normalized spacial score (nSPS) is 11.3. The molecule has 0 bridgehead atoms. The van der Waals surface area contributed by atoms with E-state index in [4.69, 9.17) is 4.74 Å². The highest BCUT2D eigenvalue weighted by Crippen LogP contribution is 2.35. The third kappa shape index (κ3) is 11.1. The predicted molar refractivity (Wildman–Crippen MR) is 243 cm³/mol. The van der Waals surface area contributed by atoms with Crippen LogP contribution in [0.5, 0.6) is 0 Å². The van der Waals surface area contributed by atoms with E-state index >= 15 is 0 Å². The number of rotatable bonds is 21. The molecule has 0 radical (unpaired) electrons. The van der Waals surface area contributed by atoms with E-state index in [0.717, 1.165) is 109 Å². The minimum absolute atomic E-state index is 0.191. The Balaban J connectivity index is 2.03. The van der Waals surface area contributed by atoms with E-state index in [0.29, 0.717) is 0 Å². The molecule has 4 rings (SSSR count). The first-order valence-electron chi connectivity index (χ1n) is 21.1. The van der Waals surface area contributed by atoms with Crippen LogP contribution in [-0.2, 0) is 9.53 Å². The summed E-state index contributed by atoms with van der Waals surface area (Å²) in [5.41, 5.74) is 10.6. The topological polar surface area (TPSA) is 63.1 Å². The number of benzene rings is 4. The zero-order valence-electron chi connectivity index (χ0n) is 36.0. The van der Waals surface area contributed by atoms with Crippen LogP contribution in [0, 0.1) is 23.2 Å². The number of hydrogen-bond donors (Lipinski definition) is 0. The molecule has 0 aromatic heterocycles. The van der Waals surface area contributed by atoms with Gasteiger partial charge in [0.1, 0.15) is 0 Å². The van der Waals surface area contributed by atoms with E-state index in [1.165, 1.54) is 0 Å². The number of nitriles is 1. The lowest BCUT2D eigenvalue weighted by Gasteiger charge is -2.24. The maximum absolute atomic E-state index is 13.7. The van der Waals surface area contributed by atoms with Crippen molar-refractivity contribution in [1.82, 2.24) is 0 Å². The SMILES string of the molecule is CCOC(=O)C(C#N)C(C=C(c1ccc(N(CC)CC)cc1)c1ccc(N(CC)CC)cc1)C=C(c1ccc(N(CC)CC)cc1)c1ccc(N(CC)CC)cc1. The van der Waals surface area contributed by atoms with Gasteiger partial charge in [-0.25, -0.2) is 0 Å². The highest BCUT2D eigenvalue weighted by Gasteiger charge is 2.29. The molecule has 4 aromatic carbocycles. The lowest BCUT2D eigenvalue weighted by Crippen LogP contribution is -2.23. The Labute approximate surface area is 343 Å². The molecule has 0 amide bonds. The third-order valence-electron chi connectivity index (χ3n) is 11.0. The van der Waals surface area contributed by atoms with Gasteiger partial charge in [0.2, 0.25) is 0 Å². The first kappa shape index (κ1) is 44.2. The molecule has 0 aliphatic carbocycles. The Morgan fingerprint density at radius 1 is 0.491 bits per heavy atom. The van der Waals surface area contributed by atoms with Gasteiger partial charge in [0.05, 0.1) is 12.7 Å². The standard InChI is InChI=1S/C50H65N5O2/c1-10-52(11-2)43-27-19-38(20-28-43)47(39-21-29-44(30-22-39)53(12-3)13-4)35-42(49(37-51)50(56)57-18-9)36-48(40-23-31-45(32-24-40)54(14-5)15-6)41-25-33-46(34-26-41)55(16-7)17-8/h19-36,42,49H,10-18H2,1-9H3. The second-order valence-electron chi connectivity index (χ2n) is 14.0. The summed E-state index contributed by atoms with van der Waals surface area (Å²) in [4.78, 5) is 23.0. The minimum atomic E-state index is -1.08. The van der Waals surface area contributed by atoms with Crippen molar-refractivity contribution in [3.8, 4) is 6.07 Å². The lowest BCUT2D eigenvalue weighted by atomic mass is 9.84. The number of allylic oxidation sites excluding steroid dienone is 2. The number of esters is 1. The van der Waals surface area contributed by atoms with Crippen molar-refractivity contribution in [2.24, 2.45) is 11.8 Å². The van der Waals surface area contributed by atoms with Crippen LogP contribution >= 0.6 is 0 Å². The largest absolute Gasteiger partial charge is 0.465 e. The fourth-order valence-electron chi connectivity index (χ4n) is 7.63. The Morgan fingerprint density at radius 2 is 0.737 bits per heavy atom. The summed E-state index contributed by atoms with van der Waals surface area (Å²) >= 11 is 0. The van der Waals surface area contributed by atoms with Crippen LogP contribution in [0.25, 0.3) is 11.1 Å². The van der Waals surface area contributed by atoms with Gasteiger partial charge in [-0.05, 0) is 144 Å². The van der Waals surface area contributed by atoms with Crippen molar-refractivity contribution in [1.29, 1.82) is 5.26 Å². The van der Waals surface area contributed by atoms with Crippen molar-refractivity contribution in [3.05, 3.63) is 131 Å². The van der Waals surface area contributed by atoms with Gasteiger partial charge in [0.25, 0.3) is 0 Å². The summed E-state index contributed by atoms with van der Waals surface area (Å²) < 4.78 is 5.59. The molecule has 1 atom stereocenters. The molecule has 0 aliphatic rings. The molecule has 4 aromatic rings. The molecular weight excluding hydrogens is 703 g/mol. The molecule has 0 N–H and O–H groups in total. The summed E-state index contributed by atoms with van der Waals surface area (Å²) in [5.74, 6) is -2.24. The number of carbonyl (C=O) groups is 1. The molecule has 0 fully saturated rings. The van der Waals surface area contributed by atoms with Crippen LogP contribution in [0.3, 0.4) is 0 Å². The van der Waals surface area contributed by atoms with E-state index in [2.05, 4.69) is 190 Å². The summed E-state index contributed by atoms with van der Waals surface area (Å²) in [7, 11) is 0. The van der Waals surface area contributed by atoms with Crippen molar-refractivity contribution in [2.45, 2.75) is 62.3 Å². The smallest absolute Gasteiger partial charge is 0.324 e. The van der Waals surface area contributed by atoms with Gasteiger partial charge in [-0.3, -0.25) is 4.79 Å². The van der Waals surface area contributed by atoms with Crippen LogP contribution in [0.4, 0.5) is 22.7 Å². The third-order valence-corrected chi connectivity index (χ3v) is 11.0. The Morgan fingerprint density at radius 3 is 0.930 bits per heavy atom. The number of hydrogen-bond acceptors (Lipinski definition) is 7. The average molecular weight is 768 g/mol. The molecule has 57 heavy (non-hydrogen) atoms. The van der Waals surface area contributed by atoms with Gasteiger partial charge < -0.3 is 24.3 Å². The van der Waals surface area contributed by atoms with Crippen LogP contribution in [0.15, 0.2) is 109 Å². The maximum atomic E-state index is 13.7. The Hall–Kier alpha value is -5.48. The van der Waals surface area contributed by atoms with Crippen LogP contribution < -0.4 is 19.6 Å². The first-order chi connectivity index (χ1) is 27.7. The fourth-order valence-corrected chi connectivity index (χ4v) is 7.63. The number of nitrogens with zero attached hydrogens (tertiary/aromatic N) is 5. The second-order valence-corrected chi connectivity index (χ2v) is 14.0.